The molecular weight excluding hydrogens is 304 g/mol. The van der Waals surface area contributed by atoms with Crippen LogP contribution >= 0.6 is 0 Å². The maximum absolute atomic E-state index is 11.2. The van der Waals surface area contributed by atoms with Crippen LogP contribution < -0.4 is 0 Å². The van der Waals surface area contributed by atoms with Gasteiger partial charge >= 0.3 is 11.9 Å². The minimum atomic E-state index is -0.0504. The summed E-state index contributed by atoms with van der Waals surface area (Å²) in [5.41, 5.74) is 0. The second kappa shape index (κ2) is 16.8. The third kappa shape index (κ3) is 19.0. The average molecular weight is 345 g/mol. The molecule has 0 aromatic carbocycles. The van der Waals surface area contributed by atoms with Crippen LogP contribution in [0.2, 0.25) is 0 Å². The molecule has 0 saturated heterocycles. The molecule has 0 spiro atoms. The molecular formula is C20H40O4. The van der Waals surface area contributed by atoms with Crippen LogP contribution in [0, 0.1) is 17.8 Å². The van der Waals surface area contributed by atoms with E-state index in [1.807, 2.05) is 34.6 Å². The average Bonchev–Trinajstić information content (AvgIpc) is 2.51. The van der Waals surface area contributed by atoms with Gasteiger partial charge in [0, 0.05) is 6.42 Å². The lowest BCUT2D eigenvalue weighted by Crippen LogP contribution is -2.17. The lowest BCUT2D eigenvalue weighted by molar-refractivity contribution is -0.149. The van der Waals surface area contributed by atoms with E-state index in [1.165, 1.54) is 0 Å². The summed E-state index contributed by atoms with van der Waals surface area (Å²) in [5, 5.41) is 0. The molecule has 24 heavy (non-hydrogen) atoms. The Morgan fingerprint density at radius 3 is 1.79 bits per heavy atom. The van der Waals surface area contributed by atoms with Crippen LogP contribution in [0.1, 0.15) is 87.0 Å². The number of esters is 2. The van der Waals surface area contributed by atoms with Crippen molar-refractivity contribution in [3.05, 3.63) is 0 Å². The zero-order valence-electron chi connectivity index (χ0n) is 17.0. The van der Waals surface area contributed by atoms with Crippen molar-refractivity contribution < 1.29 is 19.1 Å². The number of carbonyl (C=O) groups is 2. The molecule has 1 atom stereocenters. The van der Waals surface area contributed by atoms with Crippen LogP contribution in [-0.4, -0.2) is 25.2 Å². The molecule has 0 N–H and O–H groups in total. The Labute approximate surface area is 149 Å². The van der Waals surface area contributed by atoms with Crippen molar-refractivity contribution >= 4 is 11.9 Å². The van der Waals surface area contributed by atoms with E-state index in [0.717, 1.165) is 32.1 Å². The molecule has 0 aliphatic heterocycles. The third-order valence-corrected chi connectivity index (χ3v) is 3.25. The van der Waals surface area contributed by atoms with Gasteiger partial charge in [-0.15, -0.1) is 0 Å². The fourth-order valence-corrected chi connectivity index (χ4v) is 1.79. The number of rotatable bonds is 11. The first-order valence-corrected chi connectivity index (χ1v) is 9.56. The van der Waals surface area contributed by atoms with Gasteiger partial charge in [0.2, 0.25) is 0 Å². The summed E-state index contributed by atoms with van der Waals surface area (Å²) >= 11 is 0. The van der Waals surface area contributed by atoms with E-state index in [2.05, 4.69) is 13.8 Å². The molecule has 0 rings (SSSR count). The molecule has 0 aromatic rings. The molecule has 0 amide bonds. The normalized spacial score (nSPS) is 11.7. The summed E-state index contributed by atoms with van der Waals surface area (Å²) in [5.74, 6) is 0.847. The van der Waals surface area contributed by atoms with Crippen molar-refractivity contribution in [1.82, 2.24) is 0 Å². The van der Waals surface area contributed by atoms with Crippen LogP contribution in [0.25, 0.3) is 0 Å². The molecule has 4 nitrogen and oxygen atoms in total. The monoisotopic (exact) mass is 344 g/mol. The Hall–Kier alpha value is -1.06. The van der Waals surface area contributed by atoms with Gasteiger partial charge < -0.3 is 9.47 Å². The minimum absolute atomic E-state index is 0.0443. The number of ether oxygens (including phenoxy) is 2. The highest BCUT2D eigenvalue weighted by molar-refractivity contribution is 5.71. The van der Waals surface area contributed by atoms with Gasteiger partial charge in [-0.1, -0.05) is 67.7 Å². The van der Waals surface area contributed by atoms with Crippen LogP contribution in [0.15, 0.2) is 0 Å². The van der Waals surface area contributed by atoms with E-state index in [9.17, 15) is 9.59 Å². The Kier molecular flexibility index (Phi) is 17.6. The summed E-state index contributed by atoms with van der Waals surface area (Å²) in [6.45, 7) is 15.4. The first-order valence-electron chi connectivity index (χ1n) is 9.56. The summed E-state index contributed by atoms with van der Waals surface area (Å²) in [6.07, 6.45) is 5.79. The van der Waals surface area contributed by atoms with Crippen LogP contribution in [0.4, 0.5) is 0 Å². The standard InChI is InChI=1S/2C10H20O2/c1-5-6-9(4)10(11)12-7-8(2)3;1-4-5-6-7-10(11)12-8-9(2)3/h8-9H,5-7H2,1-4H3;9H,4-8H2,1-3H3. The molecule has 1 unspecified atom stereocenters. The predicted molar refractivity (Wildman–Crippen MR) is 99.8 cm³/mol. The van der Waals surface area contributed by atoms with Crippen LogP contribution in [0.3, 0.4) is 0 Å². The number of unbranched alkanes of at least 4 members (excludes halogenated alkanes) is 2. The fourth-order valence-electron chi connectivity index (χ4n) is 1.79. The molecule has 4 heteroatoms. The van der Waals surface area contributed by atoms with Gasteiger partial charge in [0.05, 0.1) is 19.1 Å². The highest BCUT2D eigenvalue weighted by atomic mass is 16.5. The smallest absolute Gasteiger partial charge is 0.308 e. The van der Waals surface area contributed by atoms with E-state index in [1.54, 1.807) is 0 Å². The highest BCUT2D eigenvalue weighted by Gasteiger charge is 2.13. The first kappa shape index (κ1) is 25.2. The summed E-state index contributed by atoms with van der Waals surface area (Å²) in [6, 6.07) is 0. The molecule has 0 heterocycles. The van der Waals surface area contributed by atoms with Gasteiger partial charge in [-0.05, 0) is 24.7 Å². The molecule has 0 aromatic heterocycles. The molecule has 144 valence electrons. The van der Waals surface area contributed by atoms with Crippen LogP contribution in [0.5, 0.6) is 0 Å². The van der Waals surface area contributed by atoms with E-state index in [4.69, 9.17) is 9.47 Å². The Morgan fingerprint density at radius 2 is 1.33 bits per heavy atom. The summed E-state index contributed by atoms with van der Waals surface area (Å²) in [7, 11) is 0. The molecule has 0 aliphatic rings. The molecule has 0 aliphatic carbocycles. The van der Waals surface area contributed by atoms with Gasteiger partial charge in [0.15, 0.2) is 0 Å². The molecule has 0 bridgehead atoms. The van der Waals surface area contributed by atoms with E-state index in [0.29, 0.717) is 31.5 Å². The first-order chi connectivity index (χ1) is 11.2. The van der Waals surface area contributed by atoms with Crippen molar-refractivity contribution in [2.45, 2.75) is 87.0 Å². The zero-order chi connectivity index (χ0) is 19.0. The minimum Gasteiger partial charge on any atom is -0.465 e. The Morgan fingerprint density at radius 1 is 0.792 bits per heavy atom. The Bertz CT molecular complexity index is 311. The maximum atomic E-state index is 11.2. The van der Waals surface area contributed by atoms with Crippen molar-refractivity contribution in [3.8, 4) is 0 Å². The predicted octanol–water partition coefficient (Wildman–Crippen LogP) is 5.39. The van der Waals surface area contributed by atoms with Gasteiger partial charge in [-0.3, -0.25) is 9.59 Å². The lowest BCUT2D eigenvalue weighted by Gasteiger charge is -2.11. The van der Waals surface area contributed by atoms with Crippen molar-refractivity contribution in [1.29, 1.82) is 0 Å². The van der Waals surface area contributed by atoms with Gasteiger partial charge in [-0.2, -0.15) is 0 Å². The van der Waals surface area contributed by atoms with Crippen molar-refractivity contribution in [2.24, 2.45) is 17.8 Å². The van der Waals surface area contributed by atoms with Gasteiger partial charge in [0.25, 0.3) is 0 Å². The van der Waals surface area contributed by atoms with Crippen LogP contribution in [-0.2, 0) is 19.1 Å². The topological polar surface area (TPSA) is 52.6 Å². The second-order valence-corrected chi connectivity index (χ2v) is 7.25. The molecule has 0 saturated carbocycles. The highest BCUT2D eigenvalue weighted by Crippen LogP contribution is 2.08. The van der Waals surface area contributed by atoms with E-state index in [-0.39, 0.29) is 17.9 Å². The number of hydrogen-bond donors (Lipinski definition) is 0. The Balaban J connectivity index is 0. The molecule has 0 fully saturated rings. The van der Waals surface area contributed by atoms with Gasteiger partial charge in [-0.25, -0.2) is 0 Å². The largest absolute Gasteiger partial charge is 0.465 e. The fraction of sp³-hybridized carbons (Fsp3) is 0.900. The quantitative estimate of drug-likeness (QED) is 0.372. The molecule has 0 radical (unpaired) electrons. The number of carbonyl (C=O) groups excluding carboxylic acids is 2. The zero-order valence-corrected chi connectivity index (χ0v) is 17.0. The van der Waals surface area contributed by atoms with Gasteiger partial charge in [0.1, 0.15) is 0 Å². The third-order valence-electron chi connectivity index (χ3n) is 3.25. The van der Waals surface area contributed by atoms with Crippen molar-refractivity contribution in [2.75, 3.05) is 13.2 Å². The summed E-state index contributed by atoms with van der Waals surface area (Å²) < 4.78 is 10.1. The number of hydrogen-bond acceptors (Lipinski definition) is 4. The lowest BCUT2D eigenvalue weighted by atomic mass is 10.1. The van der Waals surface area contributed by atoms with Crippen molar-refractivity contribution in [3.63, 3.8) is 0 Å². The second-order valence-electron chi connectivity index (χ2n) is 7.25. The van der Waals surface area contributed by atoms with E-state index >= 15 is 0 Å². The SMILES string of the molecule is CCCC(C)C(=O)OCC(C)C.CCCCCC(=O)OCC(C)C. The van der Waals surface area contributed by atoms with E-state index < -0.39 is 0 Å². The maximum Gasteiger partial charge on any atom is 0.308 e. The summed E-state index contributed by atoms with van der Waals surface area (Å²) in [4.78, 5) is 22.2.